The Morgan fingerprint density at radius 1 is 0.875 bits per heavy atom. The number of hydrogen-bond donors (Lipinski definition) is 5. The van der Waals surface area contributed by atoms with Crippen molar-refractivity contribution in [2.24, 2.45) is 11.8 Å². The summed E-state index contributed by atoms with van der Waals surface area (Å²) in [5.74, 6) is -0.938. The monoisotopic (exact) mass is 562 g/mol. The Morgan fingerprint density at radius 2 is 1.52 bits per heavy atom. The van der Waals surface area contributed by atoms with E-state index in [0.29, 0.717) is 28.2 Å². The molecule has 2 aromatic carbocycles. The number of ether oxygens (including phenoxy) is 7. The first-order chi connectivity index (χ1) is 19.3. The van der Waals surface area contributed by atoms with E-state index in [1.165, 1.54) is 14.2 Å². The summed E-state index contributed by atoms with van der Waals surface area (Å²) in [5, 5.41) is 51.5. The van der Waals surface area contributed by atoms with Crippen LogP contribution in [0.1, 0.15) is 28.7 Å². The van der Waals surface area contributed by atoms with Crippen molar-refractivity contribution in [3.8, 4) is 28.7 Å². The van der Waals surface area contributed by atoms with Gasteiger partial charge in [-0.1, -0.05) is 0 Å². The van der Waals surface area contributed by atoms with Crippen molar-refractivity contribution in [3.05, 3.63) is 41.0 Å². The summed E-state index contributed by atoms with van der Waals surface area (Å²) in [6.45, 7) is -0.525. The maximum absolute atomic E-state index is 13.0. The minimum atomic E-state index is -1.66. The number of hydrogen-bond acceptors (Lipinski definition) is 13. The molecule has 40 heavy (non-hydrogen) atoms. The van der Waals surface area contributed by atoms with E-state index in [1.807, 2.05) is 0 Å². The van der Waals surface area contributed by atoms with Crippen LogP contribution in [0.3, 0.4) is 0 Å². The first-order valence-electron chi connectivity index (χ1n) is 12.8. The molecule has 13 heteroatoms. The number of fused-ring (bicyclic) bond motifs is 3. The van der Waals surface area contributed by atoms with Crippen LogP contribution in [0, 0.1) is 11.8 Å². The predicted octanol–water partition coefficient (Wildman–Crippen LogP) is -0.421. The Morgan fingerprint density at radius 3 is 2.15 bits per heavy atom. The van der Waals surface area contributed by atoms with Crippen LogP contribution < -0.4 is 23.7 Å². The molecule has 5 N–H and O–H groups in total. The van der Waals surface area contributed by atoms with Crippen molar-refractivity contribution in [2.45, 2.75) is 42.7 Å². The van der Waals surface area contributed by atoms with E-state index < -0.39 is 67.1 Å². The number of cyclic esters (lactones) is 1. The third kappa shape index (κ3) is 4.12. The Bertz CT molecular complexity index is 1270. The fourth-order valence-corrected chi connectivity index (χ4v) is 6.01. The minimum Gasteiger partial charge on any atom is -0.493 e. The molecule has 9 atom stereocenters. The maximum atomic E-state index is 13.0. The van der Waals surface area contributed by atoms with Crippen molar-refractivity contribution >= 4 is 5.97 Å². The largest absolute Gasteiger partial charge is 0.493 e. The van der Waals surface area contributed by atoms with E-state index >= 15 is 0 Å². The topological polar surface area (TPSA) is 183 Å². The Labute approximate surface area is 228 Å². The van der Waals surface area contributed by atoms with Crippen LogP contribution in [0.5, 0.6) is 28.7 Å². The highest BCUT2D eigenvalue weighted by atomic mass is 16.7. The van der Waals surface area contributed by atoms with E-state index in [4.69, 9.17) is 33.2 Å². The first kappa shape index (κ1) is 26.9. The highest BCUT2D eigenvalue weighted by molar-refractivity contribution is 5.79. The van der Waals surface area contributed by atoms with Gasteiger partial charge >= 0.3 is 5.97 Å². The van der Waals surface area contributed by atoms with Crippen molar-refractivity contribution in [3.63, 3.8) is 0 Å². The standard InChI is InChI=1S/C27H30O13/c1-34-16-3-10(4-17(35-2)25(16)40-27-24(32)23(31)22(30)18(7-28)39-27)19-11-5-14-15(38-9-37-14)6-12(11)21(29)13-8-36-26(33)20(13)19/h3-6,13,18-24,27-32H,7-9H2,1-2H3/t13-,18+,19+,20-,21+,22+,23-,24+,27-/m0/s1. The molecule has 216 valence electrons. The van der Waals surface area contributed by atoms with Gasteiger partial charge in [-0.25, -0.2) is 0 Å². The van der Waals surface area contributed by atoms with Crippen molar-refractivity contribution < 1.29 is 63.5 Å². The van der Waals surface area contributed by atoms with Gasteiger partial charge in [0.2, 0.25) is 18.8 Å². The first-order valence-corrected chi connectivity index (χ1v) is 12.8. The van der Waals surface area contributed by atoms with Gasteiger partial charge in [-0.3, -0.25) is 4.79 Å². The molecule has 4 aliphatic rings. The lowest BCUT2D eigenvalue weighted by Gasteiger charge is -2.40. The lowest BCUT2D eigenvalue weighted by molar-refractivity contribution is -0.277. The van der Waals surface area contributed by atoms with Gasteiger partial charge in [-0.2, -0.15) is 0 Å². The van der Waals surface area contributed by atoms with Gasteiger partial charge in [0.1, 0.15) is 24.4 Å². The average molecular weight is 563 g/mol. The summed E-state index contributed by atoms with van der Waals surface area (Å²) in [6.07, 6.45) is -8.48. The molecule has 13 nitrogen and oxygen atoms in total. The van der Waals surface area contributed by atoms with E-state index in [-0.39, 0.29) is 30.6 Å². The van der Waals surface area contributed by atoms with E-state index in [9.17, 15) is 30.3 Å². The Hall–Kier alpha value is -3.33. The van der Waals surface area contributed by atoms with Crippen LogP contribution in [-0.4, -0.2) is 96.4 Å². The fourth-order valence-electron chi connectivity index (χ4n) is 6.01. The lowest BCUT2D eigenvalue weighted by atomic mass is 9.66. The molecule has 3 aliphatic heterocycles. The zero-order chi connectivity index (χ0) is 28.3. The van der Waals surface area contributed by atoms with Gasteiger partial charge in [0.25, 0.3) is 0 Å². The smallest absolute Gasteiger partial charge is 0.310 e. The van der Waals surface area contributed by atoms with E-state index in [1.54, 1.807) is 24.3 Å². The van der Waals surface area contributed by atoms with Crippen molar-refractivity contribution in [1.82, 2.24) is 0 Å². The molecule has 6 rings (SSSR count). The SMILES string of the molecule is COc1cc([C@@H]2c3cc4c(cc3[C@@H](O)[C@H]3COC(=O)[C@H]23)OCO4)cc(OC)c1O[C@@H]1O[C@H](CO)[C@@H](O)[C@H](O)[C@H]1O. The summed E-state index contributed by atoms with van der Waals surface area (Å²) in [5.41, 5.74) is 1.84. The average Bonchev–Trinajstić information content (AvgIpc) is 3.59. The summed E-state index contributed by atoms with van der Waals surface area (Å²) >= 11 is 0. The Kier molecular flexibility index (Phi) is 6.89. The number of aliphatic hydroxyl groups excluding tert-OH is 5. The molecular weight excluding hydrogens is 532 g/mol. The van der Waals surface area contributed by atoms with Crippen LogP contribution in [0.25, 0.3) is 0 Å². The number of carbonyl (C=O) groups excluding carboxylic acids is 1. The molecule has 0 spiro atoms. The number of rotatable bonds is 6. The molecule has 2 aromatic rings. The van der Waals surface area contributed by atoms with Crippen LogP contribution in [0.15, 0.2) is 24.3 Å². The maximum Gasteiger partial charge on any atom is 0.310 e. The molecule has 2 fully saturated rings. The third-order valence-electron chi connectivity index (χ3n) is 8.07. The number of esters is 1. The predicted molar refractivity (Wildman–Crippen MR) is 131 cm³/mol. The van der Waals surface area contributed by atoms with Crippen molar-refractivity contribution in [1.29, 1.82) is 0 Å². The van der Waals surface area contributed by atoms with Crippen molar-refractivity contribution in [2.75, 3.05) is 34.2 Å². The second-order valence-electron chi connectivity index (χ2n) is 10.1. The summed E-state index contributed by atoms with van der Waals surface area (Å²) in [6, 6.07) is 6.76. The number of methoxy groups -OCH3 is 2. The third-order valence-corrected chi connectivity index (χ3v) is 8.07. The van der Waals surface area contributed by atoms with Gasteiger partial charge in [0.15, 0.2) is 23.0 Å². The second kappa shape index (κ2) is 10.3. The van der Waals surface area contributed by atoms with E-state index in [2.05, 4.69) is 0 Å². The summed E-state index contributed by atoms with van der Waals surface area (Å²) in [7, 11) is 2.78. The molecule has 0 unspecified atom stereocenters. The minimum absolute atomic E-state index is 0.0189. The lowest BCUT2D eigenvalue weighted by Crippen LogP contribution is -2.60. The fraction of sp³-hybridized carbons (Fsp3) is 0.519. The highest BCUT2D eigenvalue weighted by Crippen LogP contribution is 2.55. The Balaban J connectivity index is 1.43. The molecule has 0 radical (unpaired) electrons. The van der Waals surface area contributed by atoms with Gasteiger partial charge in [-0.15, -0.1) is 0 Å². The van der Waals surface area contributed by atoms with Gasteiger partial charge in [-0.05, 0) is 41.0 Å². The second-order valence-corrected chi connectivity index (χ2v) is 10.1. The van der Waals surface area contributed by atoms with Crippen LogP contribution in [0.2, 0.25) is 0 Å². The van der Waals surface area contributed by atoms with E-state index in [0.717, 1.165) is 0 Å². The zero-order valence-corrected chi connectivity index (χ0v) is 21.6. The molecule has 3 heterocycles. The number of aliphatic hydroxyl groups is 5. The molecule has 1 aliphatic carbocycles. The summed E-state index contributed by atoms with van der Waals surface area (Å²) in [4.78, 5) is 13.0. The normalized spacial score (nSPS) is 34.1. The van der Waals surface area contributed by atoms with Gasteiger partial charge in [0.05, 0.1) is 39.5 Å². The highest BCUT2D eigenvalue weighted by Gasteiger charge is 2.52. The molecule has 2 saturated heterocycles. The van der Waals surface area contributed by atoms with Gasteiger partial charge in [0, 0.05) is 11.8 Å². The number of benzene rings is 2. The number of carbonyl (C=O) groups is 1. The molecular formula is C27H30O13. The molecule has 0 bridgehead atoms. The van der Waals surface area contributed by atoms with Crippen LogP contribution in [-0.2, 0) is 14.3 Å². The van der Waals surface area contributed by atoms with Crippen LogP contribution >= 0.6 is 0 Å². The molecule has 0 saturated carbocycles. The quantitative estimate of drug-likeness (QED) is 0.287. The van der Waals surface area contributed by atoms with Gasteiger partial charge < -0.3 is 58.7 Å². The molecule has 0 aromatic heterocycles. The zero-order valence-electron chi connectivity index (χ0n) is 21.6. The van der Waals surface area contributed by atoms with Crippen LogP contribution in [0.4, 0.5) is 0 Å². The molecule has 0 amide bonds. The summed E-state index contributed by atoms with van der Waals surface area (Å²) < 4.78 is 39.1.